The van der Waals surface area contributed by atoms with Crippen LogP contribution in [0.2, 0.25) is 0 Å². The van der Waals surface area contributed by atoms with Crippen molar-refractivity contribution in [1.82, 2.24) is 15.6 Å². The number of carbonyl (C=O) groups excluding carboxylic acids is 3. The molecule has 3 N–H and O–H groups in total. The lowest BCUT2D eigenvalue weighted by Crippen LogP contribution is -2.54. The van der Waals surface area contributed by atoms with Crippen LogP contribution in [0.25, 0.3) is 11.1 Å². The third kappa shape index (κ3) is 10.2. The highest BCUT2D eigenvalue weighted by atomic mass is 32.2. The molecule has 2 amide bonds. The van der Waals surface area contributed by atoms with Crippen molar-refractivity contribution in [1.29, 1.82) is 0 Å². The molecule has 10 heteroatoms. The SMILES string of the molecule is CCc1ccc(-c2ccc(OC)c(CC(=O)N[C@H](C(=O)N[C@@H](CC(=O)O)C(=O)CSCc3ccccc3)C(C)C)c2)cn1. The summed E-state index contributed by atoms with van der Waals surface area (Å²) in [5.41, 5.74) is 4.42. The number of aliphatic carboxylic acids is 1. The molecule has 0 radical (unpaired) electrons. The number of carboxylic acids is 1. The normalized spacial score (nSPS) is 12.3. The zero-order valence-corrected chi connectivity index (χ0v) is 25.8. The molecule has 0 aliphatic carbocycles. The van der Waals surface area contributed by atoms with Crippen LogP contribution < -0.4 is 15.4 Å². The van der Waals surface area contributed by atoms with Crippen molar-refractivity contribution in [2.75, 3.05) is 12.9 Å². The van der Waals surface area contributed by atoms with E-state index in [1.165, 1.54) is 18.9 Å². The summed E-state index contributed by atoms with van der Waals surface area (Å²) in [6.45, 7) is 5.57. The molecular weight excluding hydrogens is 566 g/mol. The standard InChI is InChI=1S/C33H39N3O6S/c1-5-26-13-11-24(18-34-26)23-12-14-29(42-4)25(15-23)16-30(38)36-32(21(2)3)33(41)35-27(17-31(39)40)28(37)20-43-19-22-9-7-6-8-10-22/h6-15,18,21,27,32H,5,16-17,19-20H2,1-4H3,(H,35,41)(H,36,38)(H,39,40)/t27-,32-/m0/s1. The summed E-state index contributed by atoms with van der Waals surface area (Å²) in [6.07, 6.45) is 2.02. The molecule has 0 fully saturated rings. The van der Waals surface area contributed by atoms with E-state index in [2.05, 4.69) is 15.6 Å². The monoisotopic (exact) mass is 605 g/mol. The first kappa shape index (κ1) is 33.3. The number of methoxy groups -OCH3 is 1. The van der Waals surface area contributed by atoms with Crippen molar-refractivity contribution in [3.8, 4) is 16.9 Å². The molecule has 3 aromatic rings. The van der Waals surface area contributed by atoms with Gasteiger partial charge in [-0.15, -0.1) is 11.8 Å². The van der Waals surface area contributed by atoms with E-state index < -0.39 is 42.1 Å². The van der Waals surface area contributed by atoms with Gasteiger partial charge < -0.3 is 20.5 Å². The predicted molar refractivity (Wildman–Crippen MR) is 168 cm³/mol. The molecular formula is C33H39N3O6S. The van der Waals surface area contributed by atoms with Gasteiger partial charge in [0.05, 0.1) is 31.7 Å². The zero-order valence-electron chi connectivity index (χ0n) is 25.0. The van der Waals surface area contributed by atoms with E-state index in [4.69, 9.17) is 4.74 Å². The number of aryl methyl sites for hydroxylation is 1. The Morgan fingerprint density at radius 2 is 1.70 bits per heavy atom. The predicted octanol–water partition coefficient (Wildman–Crippen LogP) is 4.46. The van der Waals surface area contributed by atoms with Crippen molar-refractivity contribution in [2.45, 2.75) is 57.9 Å². The number of carboxylic acid groups (broad SMARTS) is 1. The molecule has 0 bridgehead atoms. The lowest BCUT2D eigenvalue weighted by atomic mass is 9.99. The summed E-state index contributed by atoms with van der Waals surface area (Å²) in [6, 6.07) is 16.9. The van der Waals surface area contributed by atoms with Gasteiger partial charge in [0.2, 0.25) is 11.8 Å². The number of nitrogens with zero attached hydrogens (tertiary/aromatic N) is 1. The van der Waals surface area contributed by atoms with E-state index in [-0.39, 0.29) is 18.1 Å². The van der Waals surface area contributed by atoms with Gasteiger partial charge in [-0.25, -0.2) is 0 Å². The number of amides is 2. The fraction of sp³-hybridized carbons (Fsp3) is 0.364. The summed E-state index contributed by atoms with van der Waals surface area (Å²) in [7, 11) is 1.52. The molecule has 9 nitrogen and oxygen atoms in total. The van der Waals surface area contributed by atoms with Crippen molar-refractivity contribution >= 4 is 35.3 Å². The van der Waals surface area contributed by atoms with Crippen LogP contribution in [0.4, 0.5) is 0 Å². The van der Waals surface area contributed by atoms with E-state index in [1.807, 2.05) is 61.5 Å². The molecule has 0 aliphatic heterocycles. The van der Waals surface area contributed by atoms with Crippen molar-refractivity contribution in [3.63, 3.8) is 0 Å². The maximum absolute atomic E-state index is 13.3. The third-order valence-corrected chi connectivity index (χ3v) is 7.88. The van der Waals surface area contributed by atoms with E-state index in [0.29, 0.717) is 17.1 Å². The van der Waals surface area contributed by atoms with Crippen LogP contribution in [-0.2, 0) is 37.8 Å². The number of Topliss-reactive ketones (excluding diaryl/α,β-unsaturated/α-hetero) is 1. The Kier molecular flexibility index (Phi) is 12.8. The summed E-state index contributed by atoms with van der Waals surface area (Å²) >= 11 is 1.35. The Bertz CT molecular complexity index is 1400. The second-order valence-electron chi connectivity index (χ2n) is 10.5. The number of ketones is 1. The molecule has 43 heavy (non-hydrogen) atoms. The van der Waals surface area contributed by atoms with Gasteiger partial charge in [0, 0.05) is 28.8 Å². The number of aromatic nitrogens is 1. The third-order valence-electron chi connectivity index (χ3n) is 6.86. The molecule has 0 unspecified atom stereocenters. The molecule has 1 heterocycles. The van der Waals surface area contributed by atoms with Gasteiger partial charge >= 0.3 is 5.97 Å². The number of hydrogen-bond donors (Lipinski definition) is 3. The number of rotatable bonds is 16. The minimum atomic E-state index is -1.21. The number of pyridine rings is 1. The van der Waals surface area contributed by atoms with Crippen LogP contribution in [0.15, 0.2) is 66.9 Å². The van der Waals surface area contributed by atoms with Gasteiger partial charge in [-0.2, -0.15) is 0 Å². The van der Waals surface area contributed by atoms with Crippen molar-refractivity contribution in [3.05, 3.63) is 83.7 Å². The Morgan fingerprint density at radius 3 is 2.30 bits per heavy atom. The smallest absolute Gasteiger partial charge is 0.305 e. The summed E-state index contributed by atoms with van der Waals surface area (Å²) < 4.78 is 5.48. The number of thioether (sulfide) groups is 1. The van der Waals surface area contributed by atoms with E-state index in [0.717, 1.165) is 28.8 Å². The Morgan fingerprint density at radius 1 is 0.977 bits per heavy atom. The zero-order chi connectivity index (χ0) is 31.4. The molecule has 3 rings (SSSR count). The molecule has 2 atom stereocenters. The van der Waals surface area contributed by atoms with Gasteiger partial charge in [-0.3, -0.25) is 24.2 Å². The minimum absolute atomic E-state index is 0.0403. The average Bonchev–Trinajstić information content (AvgIpc) is 2.99. The van der Waals surface area contributed by atoms with Gasteiger partial charge in [0.25, 0.3) is 0 Å². The van der Waals surface area contributed by atoms with E-state index in [9.17, 15) is 24.3 Å². The van der Waals surface area contributed by atoms with Crippen LogP contribution in [-0.4, -0.2) is 58.6 Å². The van der Waals surface area contributed by atoms with Gasteiger partial charge in [-0.05, 0) is 41.7 Å². The lowest BCUT2D eigenvalue weighted by molar-refractivity contribution is -0.140. The molecule has 0 saturated carbocycles. The topological polar surface area (TPSA) is 135 Å². The summed E-state index contributed by atoms with van der Waals surface area (Å²) in [4.78, 5) is 55.3. The average molecular weight is 606 g/mol. The fourth-order valence-corrected chi connectivity index (χ4v) is 5.39. The molecule has 0 spiro atoms. The number of nitrogens with one attached hydrogen (secondary N) is 2. The quantitative estimate of drug-likeness (QED) is 0.218. The van der Waals surface area contributed by atoms with Crippen LogP contribution in [0.5, 0.6) is 5.75 Å². The first-order valence-electron chi connectivity index (χ1n) is 14.2. The number of benzene rings is 2. The second kappa shape index (κ2) is 16.5. The number of ether oxygens (including phenoxy) is 1. The molecule has 228 valence electrons. The highest BCUT2D eigenvalue weighted by Gasteiger charge is 2.30. The number of hydrogen-bond acceptors (Lipinski definition) is 7. The van der Waals surface area contributed by atoms with E-state index in [1.54, 1.807) is 26.1 Å². The molecule has 0 aliphatic rings. The Hall–Kier alpha value is -4.18. The highest BCUT2D eigenvalue weighted by Crippen LogP contribution is 2.27. The minimum Gasteiger partial charge on any atom is -0.496 e. The Balaban J connectivity index is 1.67. The maximum Gasteiger partial charge on any atom is 0.305 e. The van der Waals surface area contributed by atoms with Crippen molar-refractivity contribution < 1.29 is 29.0 Å². The molecule has 1 aromatic heterocycles. The van der Waals surface area contributed by atoms with Gasteiger partial charge in [0.15, 0.2) is 5.78 Å². The second-order valence-corrected chi connectivity index (χ2v) is 11.5. The van der Waals surface area contributed by atoms with Crippen LogP contribution in [0, 0.1) is 5.92 Å². The molecule has 2 aromatic carbocycles. The van der Waals surface area contributed by atoms with Crippen LogP contribution >= 0.6 is 11.8 Å². The fourth-order valence-electron chi connectivity index (χ4n) is 4.46. The summed E-state index contributed by atoms with van der Waals surface area (Å²) in [5, 5.41) is 14.7. The van der Waals surface area contributed by atoms with Crippen LogP contribution in [0.1, 0.15) is 44.0 Å². The highest BCUT2D eigenvalue weighted by molar-refractivity contribution is 7.99. The van der Waals surface area contributed by atoms with Crippen LogP contribution in [0.3, 0.4) is 0 Å². The van der Waals surface area contributed by atoms with E-state index >= 15 is 0 Å². The largest absolute Gasteiger partial charge is 0.496 e. The first-order valence-corrected chi connectivity index (χ1v) is 15.3. The Labute approximate surface area is 256 Å². The van der Waals surface area contributed by atoms with Gasteiger partial charge in [-0.1, -0.05) is 63.2 Å². The first-order chi connectivity index (χ1) is 20.6. The van der Waals surface area contributed by atoms with Gasteiger partial charge in [0.1, 0.15) is 11.8 Å². The summed E-state index contributed by atoms with van der Waals surface area (Å²) in [5.74, 6) is -1.80. The maximum atomic E-state index is 13.3. The van der Waals surface area contributed by atoms with Crippen molar-refractivity contribution in [2.24, 2.45) is 5.92 Å². The number of carbonyl (C=O) groups is 4. The molecule has 0 saturated heterocycles. The lowest BCUT2D eigenvalue weighted by Gasteiger charge is -2.25.